The molecule has 2 N–H and O–H groups in total. The molecular formula is C21H23N3O2. The van der Waals surface area contributed by atoms with Gasteiger partial charge in [0.05, 0.1) is 7.11 Å². The number of nitrogens with zero attached hydrogens (tertiary/aromatic N) is 1. The fourth-order valence-corrected chi connectivity index (χ4v) is 3.70. The Morgan fingerprint density at radius 2 is 2.04 bits per heavy atom. The highest BCUT2D eigenvalue weighted by Crippen LogP contribution is 2.34. The molecule has 0 bridgehead atoms. The first-order valence-corrected chi connectivity index (χ1v) is 9.17. The Balaban J connectivity index is 1.58. The van der Waals surface area contributed by atoms with E-state index in [2.05, 4.69) is 21.4 Å². The number of H-pyrrole nitrogens is 1. The Morgan fingerprint density at radius 1 is 1.19 bits per heavy atom. The van der Waals surface area contributed by atoms with Gasteiger partial charge in [0.2, 0.25) is 5.91 Å². The van der Waals surface area contributed by atoms with Gasteiger partial charge in [0, 0.05) is 46.6 Å². The second-order valence-electron chi connectivity index (χ2n) is 6.88. The van der Waals surface area contributed by atoms with Crippen molar-refractivity contribution in [3.8, 4) is 16.9 Å². The molecule has 0 atom stereocenters. The predicted molar refractivity (Wildman–Crippen MR) is 103 cm³/mol. The van der Waals surface area contributed by atoms with Gasteiger partial charge in [-0.15, -0.1) is 0 Å². The topological polar surface area (TPSA) is 67.0 Å². The first kappa shape index (κ1) is 16.6. The number of methoxy groups -OCH3 is 1. The molecule has 3 aromatic rings. The van der Waals surface area contributed by atoms with Crippen molar-refractivity contribution >= 4 is 22.6 Å². The third-order valence-corrected chi connectivity index (χ3v) is 5.16. The Labute approximate surface area is 152 Å². The fourth-order valence-electron chi connectivity index (χ4n) is 3.70. The molecule has 2 heterocycles. The van der Waals surface area contributed by atoms with E-state index in [9.17, 15) is 4.79 Å². The van der Waals surface area contributed by atoms with Gasteiger partial charge in [-0.05, 0) is 37.1 Å². The third kappa shape index (κ3) is 3.29. The molecule has 26 heavy (non-hydrogen) atoms. The summed E-state index contributed by atoms with van der Waals surface area (Å²) in [5, 5.41) is 4.11. The summed E-state index contributed by atoms with van der Waals surface area (Å²) in [6, 6.07) is 9.87. The number of aromatic nitrogens is 2. The number of pyridine rings is 1. The Kier molecular flexibility index (Phi) is 4.61. The molecule has 0 radical (unpaired) electrons. The lowest BCUT2D eigenvalue weighted by molar-refractivity contribution is -0.120. The highest BCUT2D eigenvalue weighted by Gasteiger charge is 2.21. The van der Waals surface area contributed by atoms with Crippen LogP contribution in [0.5, 0.6) is 5.75 Å². The van der Waals surface area contributed by atoms with E-state index in [0.29, 0.717) is 0 Å². The van der Waals surface area contributed by atoms with E-state index in [1.165, 1.54) is 6.42 Å². The van der Waals surface area contributed by atoms with E-state index in [1.54, 1.807) is 7.11 Å². The number of fused-ring (bicyclic) bond motifs is 1. The SMILES string of the molecule is COc1cc(NC(=O)C2CCCCC2)ccc1-c1cnc2[nH]ccc2c1. The van der Waals surface area contributed by atoms with Gasteiger partial charge in [-0.3, -0.25) is 4.79 Å². The van der Waals surface area contributed by atoms with Crippen LogP contribution in [0.2, 0.25) is 0 Å². The van der Waals surface area contributed by atoms with E-state index in [0.717, 1.165) is 59.3 Å². The molecule has 1 aliphatic rings. The van der Waals surface area contributed by atoms with Gasteiger partial charge >= 0.3 is 0 Å². The van der Waals surface area contributed by atoms with Crippen LogP contribution in [0, 0.1) is 5.92 Å². The smallest absolute Gasteiger partial charge is 0.227 e. The van der Waals surface area contributed by atoms with Crippen LogP contribution in [0.4, 0.5) is 5.69 Å². The first-order valence-electron chi connectivity index (χ1n) is 9.17. The van der Waals surface area contributed by atoms with Crippen LogP contribution >= 0.6 is 0 Å². The van der Waals surface area contributed by atoms with Crippen molar-refractivity contribution in [3.05, 3.63) is 42.7 Å². The third-order valence-electron chi connectivity index (χ3n) is 5.16. The van der Waals surface area contributed by atoms with E-state index in [-0.39, 0.29) is 11.8 Å². The Bertz CT molecular complexity index is 926. The minimum atomic E-state index is 0.120. The molecular weight excluding hydrogens is 326 g/mol. The van der Waals surface area contributed by atoms with E-state index >= 15 is 0 Å². The number of carbonyl (C=O) groups excluding carboxylic acids is 1. The molecule has 4 rings (SSSR count). The second-order valence-corrected chi connectivity index (χ2v) is 6.88. The van der Waals surface area contributed by atoms with Crippen LogP contribution in [0.15, 0.2) is 42.7 Å². The van der Waals surface area contributed by atoms with Crippen LogP contribution in [0.3, 0.4) is 0 Å². The average molecular weight is 349 g/mol. The van der Waals surface area contributed by atoms with Crippen LogP contribution in [-0.4, -0.2) is 23.0 Å². The van der Waals surface area contributed by atoms with Gasteiger partial charge in [0.1, 0.15) is 11.4 Å². The van der Waals surface area contributed by atoms with Crippen LogP contribution in [0.25, 0.3) is 22.2 Å². The van der Waals surface area contributed by atoms with Gasteiger partial charge in [0.25, 0.3) is 0 Å². The Hall–Kier alpha value is -2.82. The van der Waals surface area contributed by atoms with Crippen molar-refractivity contribution in [1.29, 1.82) is 0 Å². The second kappa shape index (κ2) is 7.20. The summed E-state index contributed by atoms with van der Waals surface area (Å²) in [5.74, 6) is 0.979. The lowest BCUT2D eigenvalue weighted by Crippen LogP contribution is -2.24. The highest BCUT2D eigenvalue weighted by molar-refractivity contribution is 5.93. The minimum Gasteiger partial charge on any atom is -0.496 e. The maximum absolute atomic E-state index is 12.5. The van der Waals surface area contributed by atoms with Gasteiger partial charge in [-0.2, -0.15) is 0 Å². The fraction of sp³-hybridized carbons (Fsp3) is 0.333. The van der Waals surface area contributed by atoms with Crippen molar-refractivity contribution in [2.45, 2.75) is 32.1 Å². The standard InChI is InChI=1S/C21H23N3O2/c1-26-19-12-17(24-21(25)14-5-3-2-4-6-14)7-8-18(19)16-11-15-9-10-22-20(15)23-13-16/h7-14H,2-6H2,1H3,(H,22,23)(H,24,25). The quantitative estimate of drug-likeness (QED) is 0.714. The predicted octanol–water partition coefficient (Wildman–Crippen LogP) is 4.76. The molecule has 1 amide bonds. The summed E-state index contributed by atoms with van der Waals surface area (Å²) < 4.78 is 5.57. The number of hydrogen-bond acceptors (Lipinski definition) is 3. The van der Waals surface area contributed by atoms with E-state index in [4.69, 9.17) is 4.74 Å². The maximum atomic E-state index is 12.5. The zero-order chi connectivity index (χ0) is 17.9. The summed E-state index contributed by atoms with van der Waals surface area (Å²) in [7, 11) is 1.65. The molecule has 0 saturated heterocycles. The number of nitrogens with one attached hydrogen (secondary N) is 2. The minimum absolute atomic E-state index is 0.120. The average Bonchev–Trinajstić information content (AvgIpc) is 3.16. The molecule has 2 aromatic heterocycles. The van der Waals surface area contributed by atoms with Crippen molar-refractivity contribution < 1.29 is 9.53 Å². The lowest BCUT2D eigenvalue weighted by atomic mass is 9.88. The molecule has 0 aliphatic heterocycles. The number of hydrogen-bond donors (Lipinski definition) is 2. The van der Waals surface area contributed by atoms with Crippen LogP contribution in [0.1, 0.15) is 32.1 Å². The largest absolute Gasteiger partial charge is 0.496 e. The molecule has 5 nitrogen and oxygen atoms in total. The summed E-state index contributed by atoms with van der Waals surface area (Å²) in [6.45, 7) is 0. The molecule has 1 aromatic carbocycles. The zero-order valence-electron chi connectivity index (χ0n) is 14.9. The first-order chi connectivity index (χ1) is 12.7. The van der Waals surface area contributed by atoms with Crippen molar-refractivity contribution in [1.82, 2.24) is 9.97 Å². The number of rotatable bonds is 4. The monoisotopic (exact) mass is 349 g/mol. The maximum Gasteiger partial charge on any atom is 0.227 e. The molecule has 0 unspecified atom stereocenters. The van der Waals surface area contributed by atoms with Gasteiger partial charge in [0.15, 0.2) is 0 Å². The molecule has 134 valence electrons. The lowest BCUT2D eigenvalue weighted by Gasteiger charge is -2.21. The van der Waals surface area contributed by atoms with Crippen molar-refractivity contribution in [2.24, 2.45) is 5.92 Å². The number of amides is 1. The van der Waals surface area contributed by atoms with Crippen molar-refractivity contribution in [2.75, 3.05) is 12.4 Å². The van der Waals surface area contributed by atoms with E-state index in [1.807, 2.05) is 36.7 Å². The van der Waals surface area contributed by atoms with Crippen LogP contribution < -0.4 is 10.1 Å². The van der Waals surface area contributed by atoms with E-state index < -0.39 is 0 Å². The number of carbonyl (C=O) groups is 1. The number of aromatic amines is 1. The number of ether oxygens (including phenoxy) is 1. The molecule has 1 aliphatic carbocycles. The summed E-state index contributed by atoms with van der Waals surface area (Å²) in [6.07, 6.45) is 9.22. The van der Waals surface area contributed by atoms with Gasteiger partial charge < -0.3 is 15.0 Å². The van der Waals surface area contributed by atoms with Gasteiger partial charge in [-0.25, -0.2) is 4.98 Å². The molecule has 1 saturated carbocycles. The normalized spacial score (nSPS) is 15.1. The highest BCUT2D eigenvalue weighted by atomic mass is 16.5. The number of benzene rings is 1. The van der Waals surface area contributed by atoms with Crippen molar-refractivity contribution in [3.63, 3.8) is 0 Å². The molecule has 1 fully saturated rings. The summed E-state index contributed by atoms with van der Waals surface area (Å²) >= 11 is 0. The zero-order valence-corrected chi connectivity index (χ0v) is 14.9. The van der Waals surface area contributed by atoms with Gasteiger partial charge in [-0.1, -0.05) is 19.3 Å². The number of anilines is 1. The molecule has 0 spiro atoms. The summed E-state index contributed by atoms with van der Waals surface area (Å²) in [4.78, 5) is 20.0. The van der Waals surface area contributed by atoms with Crippen LogP contribution in [-0.2, 0) is 4.79 Å². The Morgan fingerprint density at radius 3 is 2.85 bits per heavy atom. The summed E-state index contributed by atoms with van der Waals surface area (Å²) in [5.41, 5.74) is 3.58. The molecule has 5 heteroatoms.